The molecule has 0 unspecified atom stereocenters. The van der Waals surface area contributed by atoms with Gasteiger partial charge in [-0.15, -0.1) is 0 Å². The molecule has 3 heteroatoms. The summed E-state index contributed by atoms with van der Waals surface area (Å²) in [7, 11) is 1.86. The minimum Gasteiger partial charge on any atom is -0.359 e. The first-order chi connectivity index (χ1) is 6.22. The number of hydrogen-bond donors (Lipinski definition) is 2. The number of aromatic amines is 1. The molecule has 3 nitrogen and oxygen atoms in total. The van der Waals surface area contributed by atoms with E-state index in [1.54, 1.807) is 0 Å². The van der Waals surface area contributed by atoms with Gasteiger partial charge >= 0.3 is 0 Å². The van der Waals surface area contributed by atoms with Crippen molar-refractivity contribution in [2.75, 3.05) is 12.4 Å². The van der Waals surface area contributed by atoms with Crippen LogP contribution >= 0.6 is 0 Å². The van der Waals surface area contributed by atoms with E-state index in [1.807, 2.05) is 7.05 Å². The summed E-state index contributed by atoms with van der Waals surface area (Å²) >= 11 is 0. The largest absolute Gasteiger partial charge is 0.359 e. The second-order valence-electron chi connectivity index (χ2n) is 3.24. The fourth-order valence-corrected chi connectivity index (χ4v) is 1.43. The van der Waals surface area contributed by atoms with Crippen LogP contribution in [0.2, 0.25) is 0 Å². The molecule has 2 rings (SSSR count). The molecule has 0 fully saturated rings. The van der Waals surface area contributed by atoms with E-state index < -0.39 is 0 Å². The minimum absolute atomic E-state index is 0.823. The Balaban J connectivity index is 2.76. The highest BCUT2D eigenvalue weighted by atomic mass is 15.1. The molecule has 1 heterocycles. The summed E-state index contributed by atoms with van der Waals surface area (Å²) in [5, 5.41) is 3.00. The molecule has 2 N–H and O–H groups in total. The molecule has 13 heavy (non-hydrogen) atoms. The van der Waals surface area contributed by atoms with E-state index in [2.05, 4.69) is 41.3 Å². The lowest BCUT2D eigenvalue weighted by molar-refractivity contribution is 1.28. The van der Waals surface area contributed by atoms with Crippen molar-refractivity contribution in [3.8, 4) is 0 Å². The molecule has 2 aromatic rings. The molecule has 68 valence electrons. The zero-order chi connectivity index (χ0) is 9.42. The molecule has 0 radical (unpaired) electrons. The number of H-pyrrole nitrogens is 1. The standard InChI is InChI=1S/C10H13N3/c1-6-4-5-8-9(7(6)2)13-10(11-3)12-8/h4-5H,1-3H3,(H2,11,12,13). The topological polar surface area (TPSA) is 40.7 Å². The normalized spacial score (nSPS) is 10.7. The SMILES string of the molecule is CNc1nc2c(C)c(C)ccc2[nH]1. The van der Waals surface area contributed by atoms with Crippen LogP contribution in [-0.2, 0) is 0 Å². The second-order valence-corrected chi connectivity index (χ2v) is 3.24. The van der Waals surface area contributed by atoms with E-state index in [4.69, 9.17) is 0 Å². The molecule has 0 saturated heterocycles. The second kappa shape index (κ2) is 2.76. The summed E-state index contributed by atoms with van der Waals surface area (Å²) in [6.45, 7) is 4.19. The maximum atomic E-state index is 4.42. The van der Waals surface area contributed by atoms with Crippen molar-refractivity contribution in [3.63, 3.8) is 0 Å². The third-order valence-corrected chi connectivity index (χ3v) is 2.42. The molecule has 0 aliphatic rings. The maximum Gasteiger partial charge on any atom is 0.200 e. The summed E-state index contributed by atoms with van der Waals surface area (Å²) in [6.07, 6.45) is 0. The highest BCUT2D eigenvalue weighted by molar-refractivity contribution is 5.81. The summed E-state index contributed by atoms with van der Waals surface area (Å²) in [6, 6.07) is 4.17. The molecule has 0 aliphatic heterocycles. The molecule has 0 atom stereocenters. The molecule has 0 spiro atoms. The average molecular weight is 175 g/mol. The molecule has 0 amide bonds. The van der Waals surface area contributed by atoms with Crippen LogP contribution in [0.15, 0.2) is 12.1 Å². The number of rotatable bonds is 1. The summed E-state index contributed by atoms with van der Waals surface area (Å²) in [5.41, 5.74) is 4.67. The van der Waals surface area contributed by atoms with Crippen molar-refractivity contribution in [2.45, 2.75) is 13.8 Å². The third-order valence-electron chi connectivity index (χ3n) is 2.42. The Bertz CT molecular complexity index is 443. The summed E-state index contributed by atoms with van der Waals surface area (Å²) in [5.74, 6) is 0.823. The molecular formula is C10H13N3. The van der Waals surface area contributed by atoms with E-state index in [0.717, 1.165) is 17.0 Å². The lowest BCUT2D eigenvalue weighted by Crippen LogP contribution is -1.88. The van der Waals surface area contributed by atoms with Gasteiger partial charge in [0.1, 0.15) is 0 Å². The van der Waals surface area contributed by atoms with Crippen molar-refractivity contribution in [2.24, 2.45) is 0 Å². The predicted molar refractivity (Wildman–Crippen MR) is 55.1 cm³/mol. The first-order valence-electron chi connectivity index (χ1n) is 4.36. The molecule has 0 aliphatic carbocycles. The van der Waals surface area contributed by atoms with Gasteiger partial charge in [0.25, 0.3) is 0 Å². The number of nitrogens with one attached hydrogen (secondary N) is 2. The molecule has 0 saturated carbocycles. The Labute approximate surface area is 77.2 Å². The van der Waals surface area contributed by atoms with Crippen LogP contribution in [0.5, 0.6) is 0 Å². The number of aryl methyl sites for hydroxylation is 2. The van der Waals surface area contributed by atoms with Crippen molar-refractivity contribution in [1.29, 1.82) is 0 Å². The van der Waals surface area contributed by atoms with Gasteiger partial charge in [0.15, 0.2) is 0 Å². The van der Waals surface area contributed by atoms with Gasteiger partial charge < -0.3 is 10.3 Å². The van der Waals surface area contributed by atoms with Gasteiger partial charge in [-0.25, -0.2) is 4.98 Å². The first-order valence-corrected chi connectivity index (χ1v) is 4.36. The van der Waals surface area contributed by atoms with E-state index in [9.17, 15) is 0 Å². The van der Waals surface area contributed by atoms with Crippen LogP contribution in [0.25, 0.3) is 11.0 Å². The number of hydrogen-bond acceptors (Lipinski definition) is 2. The van der Waals surface area contributed by atoms with Crippen molar-refractivity contribution in [1.82, 2.24) is 9.97 Å². The molecule has 0 bridgehead atoms. The van der Waals surface area contributed by atoms with Crippen molar-refractivity contribution in [3.05, 3.63) is 23.3 Å². The fourth-order valence-electron chi connectivity index (χ4n) is 1.43. The number of imidazole rings is 1. The van der Waals surface area contributed by atoms with Gasteiger partial charge in [-0.2, -0.15) is 0 Å². The van der Waals surface area contributed by atoms with Crippen LogP contribution in [0.4, 0.5) is 5.95 Å². The number of aromatic nitrogens is 2. The van der Waals surface area contributed by atoms with E-state index in [-0.39, 0.29) is 0 Å². The number of nitrogens with zero attached hydrogens (tertiary/aromatic N) is 1. The van der Waals surface area contributed by atoms with Gasteiger partial charge in [0.05, 0.1) is 11.0 Å². The summed E-state index contributed by atoms with van der Waals surface area (Å²) < 4.78 is 0. The van der Waals surface area contributed by atoms with E-state index >= 15 is 0 Å². The summed E-state index contributed by atoms with van der Waals surface area (Å²) in [4.78, 5) is 7.62. The highest BCUT2D eigenvalue weighted by Crippen LogP contribution is 2.20. The van der Waals surface area contributed by atoms with Crippen molar-refractivity contribution >= 4 is 17.0 Å². The van der Waals surface area contributed by atoms with Crippen LogP contribution in [0.1, 0.15) is 11.1 Å². The average Bonchev–Trinajstić information content (AvgIpc) is 2.55. The number of anilines is 1. The maximum absolute atomic E-state index is 4.42. The zero-order valence-electron chi connectivity index (χ0n) is 8.10. The Morgan fingerprint density at radius 1 is 1.31 bits per heavy atom. The molecular weight excluding hydrogens is 162 g/mol. The van der Waals surface area contributed by atoms with Crippen LogP contribution in [0, 0.1) is 13.8 Å². The predicted octanol–water partition coefficient (Wildman–Crippen LogP) is 2.22. The van der Waals surface area contributed by atoms with Gasteiger partial charge in [-0.05, 0) is 31.0 Å². The zero-order valence-corrected chi connectivity index (χ0v) is 8.10. The number of benzene rings is 1. The van der Waals surface area contributed by atoms with E-state index in [1.165, 1.54) is 11.1 Å². The fraction of sp³-hybridized carbons (Fsp3) is 0.300. The Morgan fingerprint density at radius 3 is 2.77 bits per heavy atom. The lowest BCUT2D eigenvalue weighted by Gasteiger charge is -1.97. The van der Waals surface area contributed by atoms with Gasteiger partial charge in [0, 0.05) is 7.05 Å². The Kier molecular flexibility index (Phi) is 1.72. The van der Waals surface area contributed by atoms with Crippen LogP contribution in [-0.4, -0.2) is 17.0 Å². The quantitative estimate of drug-likeness (QED) is 0.697. The first kappa shape index (κ1) is 8.10. The van der Waals surface area contributed by atoms with Gasteiger partial charge in [0.2, 0.25) is 5.95 Å². The number of fused-ring (bicyclic) bond motifs is 1. The van der Waals surface area contributed by atoms with Crippen molar-refractivity contribution < 1.29 is 0 Å². The van der Waals surface area contributed by atoms with Gasteiger partial charge in [-0.1, -0.05) is 6.07 Å². The van der Waals surface area contributed by atoms with Crippen LogP contribution < -0.4 is 5.32 Å². The van der Waals surface area contributed by atoms with Gasteiger partial charge in [-0.3, -0.25) is 0 Å². The lowest BCUT2D eigenvalue weighted by atomic mass is 10.1. The molecule has 1 aromatic heterocycles. The molecule has 1 aromatic carbocycles. The Hall–Kier alpha value is -1.51. The monoisotopic (exact) mass is 175 g/mol. The van der Waals surface area contributed by atoms with Crippen LogP contribution in [0.3, 0.4) is 0 Å². The van der Waals surface area contributed by atoms with E-state index in [0.29, 0.717) is 0 Å². The third kappa shape index (κ3) is 1.16. The smallest absolute Gasteiger partial charge is 0.200 e. The highest BCUT2D eigenvalue weighted by Gasteiger charge is 2.04. The minimum atomic E-state index is 0.823. The Morgan fingerprint density at radius 2 is 2.08 bits per heavy atom.